The molecule has 1 aliphatic rings. The molecule has 128 valence electrons. The molecule has 0 unspecified atom stereocenters. The fourth-order valence-electron chi connectivity index (χ4n) is 2.15. The van der Waals surface area contributed by atoms with E-state index in [1.165, 1.54) is 4.90 Å². The number of thioether (sulfide) groups is 1. The lowest BCUT2D eigenvalue weighted by Crippen LogP contribution is -2.34. The zero-order valence-corrected chi connectivity index (χ0v) is 16.1. The largest absolute Gasteiger partial charge is 0.493 e. The molecule has 7 heteroatoms. The van der Waals surface area contributed by atoms with Gasteiger partial charge in [0.05, 0.1) is 12.0 Å². The summed E-state index contributed by atoms with van der Waals surface area (Å²) in [7, 11) is 1.54. The van der Waals surface area contributed by atoms with Crippen LogP contribution in [0.25, 0.3) is 6.08 Å². The molecule has 0 spiro atoms. The van der Waals surface area contributed by atoms with Crippen molar-refractivity contribution in [1.82, 2.24) is 4.90 Å². The summed E-state index contributed by atoms with van der Waals surface area (Å²) in [6.07, 6.45) is 3.32. The number of hydrogen-bond acceptors (Lipinski definition) is 5. The molecule has 0 bridgehead atoms. The Morgan fingerprint density at radius 2 is 2.04 bits per heavy atom. The van der Waals surface area contributed by atoms with Crippen molar-refractivity contribution in [3.63, 3.8) is 0 Å². The van der Waals surface area contributed by atoms with Gasteiger partial charge in [-0.2, -0.15) is 0 Å². The predicted molar refractivity (Wildman–Crippen MR) is 99.3 cm³/mol. The Kier molecular flexibility index (Phi) is 6.12. The van der Waals surface area contributed by atoms with Crippen LogP contribution in [0.1, 0.15) is 19.4 Å². The molecule has 2 amide bonds. The van der Waals surface area contributed by atoms with Crippen molar-refractivity contribution in [3.05, 3.63) is 39.7 Å². The van der Waals surface area contributed by atoms with E-state index >= 15 is 0 Å². The number of amides is 2. The smallest absolute Gasteiger partial charge is 0.293 e. The van der Waals surface area contributed by atoms with Crippen LogP contribution in [0, 0.1) is 0 Å². The van der Waals surface area contributed by atoms with Crippen molar-refractivity contribution in [2.45, 2.75) is 19.9 Å². The van der Waals surface area contributed by atoms with E-state index in [1.54, 1.807) is 31.4 Å². The van der Waals surface area contributed by atoms with Crippen molar-refractivity contribution in [3.8, 4) is 11.5 Å². The monoisotopic (exact) mass is 411 g/mol. The van der Waals surface area contributed by atoms with Crippen molar-refractivity contribution >= 4 is 44.9 Å². The highest BCUT2D eigenvalue weighted by atomic mass is 79.9. The highest BCUT2D eigenvalue weighted by Gasteiger charge is 2.36. The van der Waals surface area contributed by atoms with Crippen LogP contribution in [0.3, 0.4) is 0 Å². The first-order valence-electron chi connectivity index (χ1n) is 7.27. The Bertz CT molecular complexity index is 715. The Morgan fingerprint density at radius 3 is 2.58 bits per heavy atom. The molecule has 1 aromatic rings. The third kappa shape index (κ3) is 3.84. The zero-order valence-electron chi connectivity index (χ0n) is 13.7. The van der Waals surface area contributed by atoms with E-state index < -0.39 is 0 Å². The normalized spacial score (nSPS) is 16.2. The summed E-state index contributed by atoms with van der Waals surface area (Å²) < 4.78 is 11.6. The van der Waals surface area contributed by atoms with Gasteiger partial charge >= 0.3 is 0 Å². The van der Waals surface area contributed by atoms with E-state index in [4.69, 9.17) is 9.47 Å². The fraction of sp³-hybridized carbons (Fsp3) is 0.294. The van der Waals surface area contributed by atoms with Crippen molar-refractivity contribution in [2.75, 3.05) is 13.7 Å². The summed E-state index contributed by atoms with van der Waals surface area (Å²) in [6.45, 7) is 7.59. The summed E-state index contributed by atoms with van der Waals surface area (Å²) in [5.74, 6) is 0.823. The van der Waals surface area contributed by atoms with Gasteiger partial charge < -0.3 is 9.47 Å². The molecule has 0 aliphatic carbocycles. The standard InChI is InChI=1S/C17H18BrNO4S/c1-5-6-23-14-9-12(18)11(7-13(14)22-4)8-15-16(20)19(10(2)3)17(21)24-15/h5,7-10H,1,6H2,2-4H3/b15-8+. The number of imide groups is 1. The first-order chi connectivity index (χ1) is 11.4. The molecule has 2 rings (SSSR count). The molecule has 24 heavy (non-hydrogen) atoms. The maximum Gasteiger partial charge on any atom is 0.293 e. The number of carbonyl (C=O) groups excluding carboxylic acids is 2. The number of nitrogens with zero attached hydrogens (tertiary/aromatic N) is 1. The minimum absolute atomic E-state index is 0.170. The number of methoxy groups -OCH3 is 1. The SMILES string of the molecule is C=CCOc1cc(Br)c(/C=C2/SC(=O)N(C(C)C)C2=O)cc1OC. The molecular formula is C17H18BrNO4S. The van der Waals surface area contributed by atoms with Crippen molar-refractivity contribution in [2.24, 2.45) is 0 Å². The van der Waals surface area contributed by atoms with E-state index in [0.717, 1.165) is 21.8 Å². The van der Waals surface area contributed by atoms with E-state index in [-0.39, 0.29) is 17.2 Å². The molecule has 1 heterocycles. The molecule has 0 radical (unpaired) electrons. The van der Waals surface area contributed by atoms with Gasteiger partial charge in [-0.05, 0) is 49.4 Å². The van der Waals surface area contributed by atoms with Gasteiger partial charge in [-0.1, -0.05) is 28.6 Å². The highest BCUT2D eigenvalue weighted by molar-refractivity contribution is 9.10. The summed E-state index contributed by atoms with van der Waals surface area (Å²) in [5, 5.41) is -0.254. The highest BCUT2D eigenvalue weighted by Crippen LogP contribution is 2.38. The second-order valence-corrected chi connectivity index (χ2v) is 7.12. The molecule has 0 saturated carbocycles. The van der Waals surface area contributed by atoms with Crippen LogP contribution in [-0.4, -0.2) is 35.8 Å². The minimum Gasteiger partial charge on any atom is -0.493 e. The summed E-state index contributed by atoms with van der Waals surface area (Å²) in [4.78, 5) is 26.0. The van der Waals surface area contributed by atoms with E-state index in [0.29, 0.717) is 23.0 Å². The van der Waals surface area contributed by atoms with Crippen LogP contribution >= 0.6 is 27.7 Å². The van der Waals surface area contributed by atoms with Gasteiger partial charge in [-0.15, -0.1) is 0 Å². The minimum atomic E-state index is -0.280. The van der Waals surface area contributed by atoms with Crippen LogP contribution in [0.4, 0.5) is 4.79 Å². The van der Waals surface area contributed by atoms with Crippen LogP contribution in [0.5, 0.6) is 11.5 Å². The number of rotatable bonds is 6. The molecule has 1 aromatic carbocycles. The maximum absolute atomic E-state index is 12.4. The van der Waals surface area contributed by atoms with Gasteiger partial charge in [0.2, 0.25) is 0 Å². The molecule has 1 saturated heterocycles. The first kappa shape index (κ1) is 18.6. The molecule has 1 fully saturated rings. The molecule has 0 N–H and O–H groups in total. The first-order valence-corrected chi connectivity index (χ1v) is 8.88. The molecule has 5 nitrogen and oxygen atoms in total. The van der Waals surface area contributed by atoms with Gasteiger partial charge in [0, 0.05) is 10.5 Å². The van der Waals surface area contributed by atoms with E-state index in [2.05, 4.69) is 22.5 Å². The van der Waals surface area contributed by atoms with Crippen LogP contribution < -0.4 is 9.47 Å². The third-order valence-corrected chi connectivity index (χ3v) is 4.84. The van der Waals surface area contributed by atoms with Crippen molar-refractivity contribution < 1.29 is 19.1 Å². The Morgan fingerprint density at radius 1 is 1.33 bits per heavy atom. The number of ether oxygens (including phenoxy) is 2. The average molecular weight is 412 g/mol. The quantitative estimate of drug-likeness (QED) is 0.510. The number of halogens is 1. The van der Waals surface area contributed by atoms with E-state index in [1.807, 2.05) is 13.8 Å². The van der Waals surface area contributed by atoms with Crippen molar-refractivity contribution in [1.29, 1.82) is 0 Å². The van der Waals surface area contributed by atoms with Crippen LogP contribution in [0.15, 0.2) is 34.2 Å². The van der Waals surface area contributed by atoms with Gasteiger partial charge in [0.25, 0.3) is 11.1 Å². The Balaban J connectivity index is 2.37. The van der Waals surface area contributed by atoms with E-state index in [9.17, 15) is 9.59 Å². The summed E-state index contributed by atoms with van der Waals surface area (Å²) in [5.41, 5.74) is 0.729. The second kappa shape index (κ2) is 7.90. The zero-order chi connectivity index (χ0) is 17.9. The van der Waals surface area contributed by atoms with Crippen LogP contribution in [-0.2, 0) is 4.79 Å². The average Bonchev–Trinajstić information content (AvgIpc) is 2.81. The lowest BCUT2D eigenvalue weighted by atomic mass is 10.1. The Hall–Kier alpha value is -1.73. The topological polar surface area (TPSA) is 55.8 Å². The molecule has 0 aromatic heterocycles. The lowest BCUT2D eigenvalue weighted by molar-refractivity contribution is -0.123. The Labute approximate surface area is 153 Å². The number of benzene rings is 1. The predicted octanol–water partition coefficient (Wildman–Crippen LogP) is 4.47. The third-order valence-electron chi connectivity index (χ3n) is 3.27. The van der Waals surface area contributed by atoms with Gasteiger partial charge in [-0.25, -0.2) is 0 Å². The maximum atomic E-state index is 12.4. The number of hydrogen-bond donors (Lipinski definition) is 0. The van der Waals surface area contributed by atoms with Gasteiger partial charge in [0.15, 0.2) is 11.5 Å². The van der Waals surface area contributed by atoms with Gasteiger partial charge in [-0.3, -0.25) is 14.5 Å². The molecular weight excluding hydrogens is 394 g/mol. The molecule has 1 aliphatic heterocycles. The summed E-state index contributed by atoms with van der Waals surface area (Å²) >= 11 is 4.40. The van der Waals surface area contributed by atoms with Gasteiger partial charge in [0.1, 0.15) is 6.61 Å². The number of carbonyl (C=O) groups is 2. The lowest BCUT2D eigenvalue weighted by Gasteiger charge is -2.16. The fourth-order valence-corrected chi connectivity index (χ4v) is 3.54. The van der Waals surface area contributed by atoms with Crippen LogP contribution in [0.2, 0.25) is 0 Å². The summed E-state index contributed by atoms with van der Waals surface area (Å²) in [6, 6.07) is 3.35. The second-order valence-electron chi connectivity index (χ2n) is 5.27. The molecule has 0 atom stereocenters.